The fourth-order valence-corrected chi connectivity index (χ4v) is 3.51. The minimum Gasteiger partial charge on any atom is -0.374 e. The Labute approximate surface area is 136 Å². The molecule has 2 fully saturated rings. The molecule has 2 aliphatic rings. The van der Waals surface area contributed by atoms with Gasteiger partial charge in [-0.3, -0.25) is 4.79 Å². The number of aromatic nitrogens is 1. The van der Waals surface area contributed by atoms with Gasteiger partial charge in [-0.05, 0) is 36.7 Å². The molecule has 6 heteroatoms. The maximum Gasteiger partial charge on any atom is 0.258 e. The minimum atomic E-state index is 0.0377. The lowest BCUT2D eigenvalue weighted by Crippen LogP contribution is -2.50. The number of nitrogens with zero attached hydrogens (tertiary/aromatic N) is 2. The van der Waals surface area contributed by atoms with Gasteiger partial charge in [0.25, 0.3) is 5.91 Å². The Morgan fingerprint density at radius 1 is 1.41 bits per heavy atom. The molecule has 1 aromatic heterocycles. The van der Waals surface area contributed by atoms with Gasteiger partial charge in [0.15, 0.2) is 0 Å². The Hall–Kier alpha value is -1.14. The van der Waals surface area contributed by atoms with Gasteiger partial charge in [0.2, 0.25) is 0 Å². The van der Waals surface area contributed by atoms with E-state index in [1.807, 2.05) is 11.8 Å². The lowest BCUT2D eigenvalue weighted by atomic mass is 9.88. The molecule has 1 aliphatic heterocycles. The Balaban J connectivity index is 1.77. The summed E-state index contributed by atoms with van der Waals surface area (Å²) in [5, 5.41) is 4.38. The summed E-state index contributed by atoms with van der Waals surface area (Å²) >= 11 is 1.40. The van der Waals surface area contributed by atoms with Crippen molar-refractivity contribution in [3.63, 3.8) is 0 Å². The maximum atomic E-state index is 13.0. The number of morpholine rings is 1. The zero-order chi connectivity index (χ0) is 15.9. The third-order valence-electron chi connectivity index (χ3n) is 4.31. The molecule has 1 aliphatic carbocycles. The first-order valence-electron chi connectivity index (χ1n) is 8.00. The number of aryl methyl sites for hydroxylation is 1. The highest BCUT2D eigenvalue weighted by molar-refractivity contribution is 7.10. The minimum absolute atomic E-state index is 0.0377. The number of rotatable bonds is 3. The monoisotopic (exact) mass is 323 g/mol. The van der Waals surface area contributed by atoms with Crippen LogP contribution in [0.2, 0.25) is 0 Å². The first-order chi connectivity index (χ1) is 10.4. The van der Waals surface area contributed by atoms with E-state index in [0.29, 0.717) is 25.7 Å². The Kier molecular flexibility index (Phi) is 4.16. The van der Waals surface area contributed by atoms with Gasteiger partial charge < -0.3 is 15.0 Å². The SMILES string of the molecule is Cc1nsc(NC2CC2)c1C(=O)N1CCO[C@@H](C(C)(C)C)C1. The topological polar surface area (TPSA) is 54.5 Å². The molecule has 3 rings (SSSR count). The second-order valence-electron chi connectivity index (χ2n) is 7.37. The summed E-state index contributed by atoms with van der Waals surface area (Å²) in [4.78, 5) is 14.9. The van der Waals surface area contributed by atoms with Crippen LogP contribution in [0.4, 0.5) is 5.00 Å². The van der Waals surface area contributed by atoms with E-state index in [4.69, 9.17) is 4.74 Å². The van der Waals surface area contributed by atoms with Crippen molar-refractivity contribution in [3.8, 4) is 0 Å². The third-order valence-corrected chi connectivity index (χ3v) is 5.18. The molecular weight excluding hydrogens is 298 g/mol. The molecule has 2 heterocycles. The predicted molar refractivity (Wildman–Crippen MR) is 88.6 cm³/mol. The first-order valence-corrected chi connectivity index (χ1v) is 8.77. The quantitative estimate of drug-likeness (QED) is 0.929. The summed E-state index contributed by atoms with van der Waals surface area (Å²) in [6, 6.07) is 0.526. The normalized spacial score (nSPS) is 22.7. The predicted octanol–water partition coefficient (Wildman–Crippen LogP) is 2.91. The van der Waals surface area contributed by atoms with Gasteiger partial charge in [-0.1, -0.05) is 20.8 Å². The van der Waals surface area contributed by atoms with Crippen molar-refractivity contribution < 1.29 is 9.53 Å². The van der Waals surface area contributed by atoms with Crippen molar-refractivity contribution in [2.75, 3.05) is 25.0 Å². The van der Waals surface area contributed by atoms with Crippen LogP contribution in [-0.2, 0) is 4.74 Å². The largest absolute Gasteiger partial charge is 0.374 e. The molecule has 1 atom stereocenters. The van der Waals surface area contributed by atoms with Gasteiger partial charge in [-0.15, -0.1) is 0 Å². The summed E-state index contributed by atoms with van der Waals surface area (Å²) in [5.74, 6) is 0.0898. The van der Waals surface area contributed by atoms with E-state index in [9.17, 15) is 4.79 Å². The van der Waals surface area contributed by atoms with Crippen LogP contribution < -0.4 is 5.32 Å². The zero-order valence-electron chi connectivity index (χ0n) is 13.8. The molecule has 22 heavy (non-hydrogen) atoms. The summed E-state index contributed by atoms with van der Waals surface area (Å²) in [7, 11) is 0. The van der Waals surface area contributed by atoms with Crippen LogP contribution in [0.15, 0.2) is 0 Å². The summed E-state index contributed by atoms with van der Waals surface area (Å²) in [5.41, 5.74) is 1.62. The highest BCUT2D eigenvalue weighted by Gasteiger charge is 2.35. The number of anilines is 1. The average Bonchev–Trinajstić information content (AvgIpc) is 3.20. The van der Waals surface area contributed by atoms with E-state index in [2.05, 4.69) is 30.5 Å². The van der Waals surface area contributed by atoms with Gasteiger partial charge in [0, 0.05) is 19.1 Å². The fraction of sp³-hybridized carbons (Fsp3) is 0.750. The van der Waals surface area contributed by atoms with Crippen molar-refractivity contribution in [1.82, 2.24) is 9.27 Å². The molecule has 0 spiro atoms. The summed E-state index contributed by atoms with van der Waals surface area (Å²) in [6.07, 6.45) is 2.46. The Morgan fingerprint density at radius 2 is 2.14 bits per heavy atom. The van der Waals surface area contributed by atoms with E-state index in [-0.39, 0.29) is 17.4 Å². The Morgan fingerprint density at radius 3 is 2.77 bits per heavy atom. The molecule has 1 amide bonds. The van der Waals surface area contributed by atoms with E-state index in [1.54, 1.807) is 0 Å². The Bertz CT molecular complexity index is 560. The van der Waals surface area contributed by atoms with Crippen molar-refractivity contribution >= 4 is 22.4 Å². The van der Waals surface area contributed by atoms with Crippen LogP contribution >= 0.6 is 11.5 Å². The van der Waals surface area contributed by atoms with Crippen LogP contribution in [0.25, 0.3) is 0 Å². The van der Waals surface area contributed by atoms with Crippen molar-refractivity contribution in [2.45, 2.75) is 52.7 Å². The average molecular weight is 323 g/mol. The number of hydrogen-bond donors (Lipinski definition) is 1. The smallest absolute Gasteiger partial charge is 0.258 e. The van der Waals surface area contributed by atoms with Crippen LogP contribution in [0.1, 0.15) is 49.7 Å². The third kappa shape index (κ3) is 3.27. The number of carbonyl (C=O) groups is 1. The number of nitrogens with one attached hydrogen (secondary N) is 1. The highest BCUT2D eigenvalue weighted by Crippen LogP contribution is 2.33. The second kappa shape index (κ2) is 5.81. The van der Waals surface area contributed by atoms with Gasteiger partial charge in [-0.25, -0.2) is 0 Å². The number of ether oxygens (including phenoxy) is 1. The zero-order valence-corrected chi connectivity index (χ0v) is 14.6. The van der Waals surface area contributed by atoms with Crippen LogP contribution in [0.5, 0.6) is 0 Å². The summed E-state index contributed by atoms with van der Waals surface area (Å²) < 4.78 is 10.2. The maximum absolute atomic E-state index is 13.0. The van der Waals surface area contributed by atoms with Crippen molar-refractivity contribution in [1.29, 1.82) is 0 Å². The van der Waals surface area contributed by atoms with E-state index >= 15 is 0 Å². The standard InChI is InChI=1S/C16H25N3O2S/c1-10-13(14(22-18-10)17-11-5-6-11)15(20)19-7-8-21-12(9-19)16(2,3)4/h11-12,17H,5-9H2,1-4H3/t12-/m1/s1. The second-order valence-corrected chi connectivity index (χ2v) is 8.14. The van der Waals surface area contributed by atoms with E-state index < -0.39 is 0 Å². The number of carbonyl (C=O) groups excluding carboxylic acids is 1. The molecule has 5 nitrogen and oxygen atoms in total. The lowest BCUT2D eigenvalue weighted by Gasteiger charge is -2.39. The van der Waals surface area contributed by atoms with Crippen LogP contribution in [0.3, 0.4) is 0 Å². The first kappa shape index (κ1) is 15.7. The van der Waals surface area contributed by atoms with Crippen LogP contribution in [-0.4, -0.2) is 47.0 Å². The van der Waals surface area contributed by atoms with Gasteiger partial charge >= 0.3 is 0 Å². The molecular formula is C16H25N3O2S. The number of hydrogen-bond acceptors (Lipinski definition) is 5. The summed E-state index contributed by atoms with van der Waals surface area (Å²) in [6.45, 7) is 10.3. The molecule has 1 N–H and O–H groups in total. The van der Waals surface area contributed by atoms with Gasteiger partial charge in [0.05, 0.1) is 24.0 Å². The van der Waals surface area contributed by atoms with Crippen LogP contribution in [0, 0.1) is 12.3 Å². The molecule has 0 bridgehead atoms. The van der Waals surface area contributed by atoms with E-state index in [0.717, 1.165) is 16.3 Å². The molecule has 1 aromatic rings. The fourth-order valence-electron chi connectivity index (χ4n) is 2.65. The molecule has 0 aromatic carbocycles. The lowest BCUT2D eigenvalue weighted by molar-refractivity contribution is -0.0706. The molecule has 1 saturated carbocycles. The van der Waals surface area contributed by atoms with Crippen molar-refractivity contribution in [3.05, 3.63) is 11.3 Å². The van der Waals surface area contributed by atoms with Gasteiger partial charge in [-0.2, -0.15) is 4.37 Å². The van der Waals surface area contributed by atoms with Crippen molar-refractivity contribution in [2.24, 2.45) is 5.41 Å². The number of amides is 1. The molecule has 122 valence electrons. The van der Waals surface area contributed by atoms with E-state index in [1.165, 1.54) is 24.4 Å². The molecule has 0 unspecified atom stereocenters. The molecule has 0 radical (unpaired) electrons. The van der Waals surface area contributed by atoms with Gasteiger partial charge in [0.1, 0.15) is 5.00 Å². The highest BCUT2D eigenvalue weighted by atomic mass is 32.1. The molecule has 1 saturated heterocycles.